The molecule has 0 aromatic heterocycles. The summed E-state index contributed by atoms with van der Waals surface area (Å²) < 4.78 is 0. The number of piperidine rings is 1. The second-order valence-electron chi connectivity index (χ2n) is 5.21. The Balaban J connectivity index is 1.84. The lowest BCUT2D eigenvalue weighted by molar-refractivity contribution is -0.133. The van der Waals surface area contributed by atoms with E-state index in [1.165, 1.54) is 0 Å². The summed E-state index contributed by atoms with van der Waals surface area (Å²) in [6.45, 7) is 3.17. The van der Waals surface area contributed by atoms with Crippen molar-refractivity contribution in [2.45, 2.75) is 32.6 Å². The first-order valence-electron chi connectivity index (χ1n) is 7.00. The van der Waals surface area contributed by atoms with Crippen LogP contribution in [0.15, 0.2) is 18.2 Å². The van der Waals surface area contributed by atoms with E-state index < -0.39 is 0 Å². The Kier molecular flexibility index (Phi) is 4.61. The number of amides is 2. The molecule has 2 amide bonds. The molecule has 1 aromatic rings. The molecule has 0 bridgehead atoms. The van der Waals surface area contributed by atoms with Crippen molar-refractivity contribution in [2.75, 3.05) is 24.1 Å². The highest BCUT2D eigenvalue weighted by Gasteiger charge is 2.18. The first-order chi connectivity index (χ1) is 9.56. The number of aryl methyl sites for hydroxylation is 1. The number of likely N-dealkylation sites (tertiary alicyclic amines) is 1. The minimum absolute atomic E-state index is 0.0729. The van der Waals surface area contributed by atoms with Crippen LogP contribution in [0.3, 0.4) is 0 Å². The van der Waals surface area contributed by atoms with E-state index in [2.05, 4.69) is 5.32 Å². The predicted octanol–water partition coefficient (Wildman–Crippen LogP) is 1.92. The summed E-state index contributed by atoms with van der Waals surface area (Å²) in [5.74, 6) is 0.0870. The number of benzene rings is 1. The molecule has 1 aliphatic heterocycles. The third kappa shape index (κ3) is 3.73. The Bertz CT molecular complexity index is 514. The Morgan fingerprint density at radius 2 is 2.20 bits per heavy atom. The van der Waals surface area contributed by atoms with Crippen LogP contribution in [0.5, 0.6) is 0 Å². The van der Waals surface area contributed by atoms with Gasteiger partial charge in [0.1, 0.15) is 0 Å². The molecule has 2 rings (SSSR count). The summed E-state index contributed by atoms with van der Waals surface area (Å²) >= 11 is 0. The lowest BCUT2D eigenvalue weighted by atomic mass is 10.1. The molecule has 0 atom stereocenters. The largest absolute Gasteiger partial charge is 0.399 e. The molecule has 1 aromatic carbocycles. The van der Waals surface area contributed by atoms with E-state index in [4.69, 9.17) is 5.73 Å². The van der Waals surface area contributed by atoms with Crippen molar-refractivity contribution in [3.05, 3.63) is 23.8 Å². The number of hydrogen-bond acceptors (Lipinski definition) is 3. The van der Waals surface area contributed by atoms with E-state index in [1.807, 2.05) is 13.0 Å². The Morgan fingerprint density at radius 3 is 2.90 bits per heavy atom. The van der Waals surface area contributed by atoms with Crippen LogP contribution in [0.2, 0.25) is 0 Å². The zero-order valence-electron chi connectivity index (χ0n) is 11.8. The number of rotatable bonds is 4. The van der Waals surface area contributed by atoms with E-state index in [0.29, 0.717) is 25.1 Å². The molecule has 3 N–H and O–H groups in total. The highest BCUT2D eigenvalue weighted by atomic mass is 16.2. The van der Waals surface area contributed by atoms with Crippen LogP contribution in [0, 0.1) is 6.92 Å². The number of anilines is 2. The van der Waals surface area contributed by atoms with E-state index in [9.17, 15) is 9.59 Å². The molecule has 1 saturated heterocycles. The molecule has 0 unspecified atom stereocenters. The maximum atomic E-state index is 11.9. The number of nitrogens with zero attached hydrogens (tertiary/aromatic N) is 1. The molecule has 108 valence electrons. The maximum Gasteiger partial charge on any atom is 0.226 e. The van der Waals surface area contributed by atoms with Crippen LogP contribution in [0.4, 0.5) is 11.4 Å². The first kappa shape index (κ1) is 14.4. The molecular formula is C15H21N3O2. The third-order valence-electron chi connectivity index (χ3n) is 3.55. The second kappa shape index (κ2) is 6.41. The fraction of sp³-hybridized carbons (Fsp3) is 0.467. The van der Waals surface area contributed by atoms with E-state index in [-0.39, 0.29) is 11.8 Å². The van der Waals surface area contributed by atoms with Gasteiger partial charge in [0.2, 0.25) is 11.8 Å². The number of carbonyl (C=O) groups excluding carboxylic acids is 2. The van der Waals surface area contributed by atoms with Crippen molar-refractivity contribution in [1.82, 2.24) is 4.90 Å². The lowest BCUT2D eigenvalue weighted by Gasteiger charge is -2.26. The van der Waals surface area contributed by atoms with E-state index >= 15 is 0 Å². The fourth-order valence-corrected chi connectivity index (χ4v) is 2.37. The smallest absolute Gasteiger partial charge is 0.226 e. The van der Waals surface area contributed by atoms with Gasteiger partial charge >= 0.3 is 0 Å². The predicted molar refractivity (Wildman–Crippen MR) is 79.3 cm³/mol. The van der Waals surface area contributed by atoms with Gasteiger partial charge in [-0.15, -0.1) is 0 Å². The lowest BCUT2D eigenvalue weighted by Crippen LogP contribution is -2.37. The molecule has 1 heterocycles. The molecule has 0 spiro atoms. The number of nitrogen functional groups attached to an aromatic ring is 1. The first-order valence-corrected chi connectivity index (χ1v) is 7.00. The quantitative estimate of drug-likeness (QED) is 0.824. The van der Waals surface area contributed by atoms with Crippen LogP contribution < -0.4 is 11.1 Å². The van der Waals surface area contributed by atoms with E-state index in [1.54, 1.807) is 17.0 Å². The molecule has 0 saturated carbocycles. The van der Waals surface area contributed by atoms with Crippen molar-refractivity contribution in [3.8, 4) is 0 Å². The monoisotopic (exact) mass is 275 g/mol. The van der Waals surface area contributed by atoms with Crippen molar-refractivity contribution >= 4 is 23.2 Å². The number of nitrogens with two attached hydrogens (primary N) is 1. The molecule has 1 fully saturated rings. The average molecular weight is 275 g/mol. The van der Waals surface area contributed by atoms with Gasteiger partial charge in [-0.1, -0.05) is 0 Å². The zero-order chi connectivity index (χ0) is 14.5. The van der Waals surface area contributed by atoms with Crippen molar-refractivity contribution in [3.63, 3.8) is 0 Å². The number of hydrogen-bond donors (Lipinski definition) is 2. The summed E-state index contributed by atoms with van der Waals surface area (Å²) in [4.78, 5) is 25.3. The summed E-state index contributed by atoms with van der Waals surface area (Å²) in [6.07, 6.45) is 2.94. The fourth-order valence-electron chi connectivity index (χ4n) is 2.37. The molecule has 0 aliphatic carbocycles. The summed E-state index contributed by atoms with van der Waals surface area (Å²) in [6, 6.07) is 5.38. The van der Waals surface area contributed by atoms with Crippen LogP contribution in [-0.2, 0) is 9.59 Å². The Hall–Kier alpha value is -2.04. The van der Waals surface area contributed by atoms with Crippen LogP contribution in [-0.4, -0.2) is 29.8 Å². The standard InChI is InChI=1S/C15H21N3O2/c1-11-10-12(16)5-6-13(11)17-14(19)7-9-18-8-3-2-4-15(18)20/h5-6,10H,2-4,7-9,16H2,1H3,(H,17,19). The minimum atomic E-state index is -0.0729. The third-order valence-corrected chi connectivity index (χ3v) is 3.55. The van der Waals surface area contributed by atoms with Gasteiger partial charge in [-0.3, -0.25) is 9.59 Å². The summed E-state index contributed by atoms with van der Waals surface area (Å²) in [7, 11) is 0. The Labute approximate surface area is 119 Å². The molecule has 5 nitrogen and oxygen atoms in total. The SMILES string of the molecule is Cc1cc(N)ccc1NC(=O)CCN1CCCCC1=O. The Morgan fingerprint density at radius 1 is 1.40 bits per heavy atom. The normalized spacial score (nSPS) is 15.2. The van der Waals surface area contributed by atoms with E-state index in [0.717, 1.165) is 30.6 Å². The van der Waals surface area contributed by atoms with Gasteiger partial charge in [-0.05, 0) is 43.5 Å². The van der Waals surface area contributed by atoms with Gasteiger partial charge in [0, 0.05) is 37.3 Å². The maximum absolute atomic E-state index is 11.9. The second-order valence-corrected chi connectivity index (χ2v) is 5.21. The van der Waals surface area contributed by atoms with Gasteiger partial charge < -0.3 is 16.0 Å². The average Bonchev–Trinajstić information content (AvgIpc) is 2.41. The minimum Gasteiger partial charge on any atom is -0.399 e. The number of nitrogens with one attached hydrogen (secondary N) is 1. The summed E-state index contributed by atoms with van der Waals surface area (Å²) in [5, 5.41) is 2.86. The van der Waals surface area contributed by atoms with Crippen LogP contribution in [0.25, 0.3) is 0 Å². The van der Waals surface area contributed by atoms with Crippen LogP contribution >= 0.6 is 0 Å². The van der Waals surface area contributed by atoms with Gasteiger partial charge in [-0.2, -0.15) is 0 Å². The zero-order valence-corrected chi connectivity index (χ0v) is 11.8. The highest BCUT2D eigenvalue weighted by molar-refractivity contribution is 5.92. The number of carbonyl (C=O) groups is 2. The van der Waals surface area contributed by atoms with Crippen LogP contribution in [0.1, 0.15) is 31.2 Å². The molecule has 1 aliphatic rings. The van der Waals surface area contributed by atoms with Crippen molar-refractivity contribution in [1.29, 1.82) is 0 Å². The van der Waals surface area contributed by atoms with Crippen molar-refractivity contribution in [2.24, 2.45) is 0 Å². The van der Waals surface area contributed by atoms with Gasteiger partial charge in [0.05, 0.1) is 0 Å². The molecule has 20 heavy (non-hydrogen) atoms. The summed E-state index contributed by atoms with van der Waals surface area (Å²) in [5.41, 5.74) is 8.06. The molecular weight excluding hydrogens is 254 g/mol. The van der Waals surface area contributed by atoms with Gasteiger partial charge in [0.15, 0.2) is 0 Å². The van der Waals surface area contributed by atoms with Gasteiger partial charge in [-0.25, -0.2) is 0 Å². The highest BCUT2D eigenvalue weighted by Crippen LogP contribution is 2.18. The van der Waals surface area contributed by atoms with Gasteiger partial charge in [0.25, 0.3) is 0 Å². The molecule has 5 heteroatoms. The topological polar surface area (TPSA) is 75.4 Å². The molecule has 0 radical (unpaired) electrons. The van der Waals surface area contributed by atoms with Crippen molar-refractivity contribution < 1.29 is 9.59 Å².